The Morgan fingerprint density at radius 2 is 2.12 bits per heavy atom. The zero-order valence-electron chi connectivity index (χ0n) is 9.27. The van der Waals surface area contributed by atoms with E-state index in [2.05, 4.69) is 4.98 Å². The molecule has 0 atom stereocenters. The van der Waals surface area contributed by atoms with E-state index in [0.717, 1.165) is 23.7 Å². The van der Waals surface area contributed by atoms with E-state index in [1.54, 1.807) is 13.3 Å². The molecule has 3 nitrogen and oxygen atoms in total. The minimum atomic E-state index is 0.642. The molecular formula is C12H13ClN2O. The molecule has 0 unspecified atom stereocenters. The summed E-state index contributed by atoms with van der Waals surface area (Å²) in [6.45, 7) is 2.82. The zero-order chi connectivity index (χ0) is 11.5. The molecule has 4 heteroatoms. The third-order valence-corrected chi connectivity index (χ3v) is 2.77. The second kappa shape index (κ2) is 4.58. The van der Waals surface area contributed by atoms with Gasteiger partial charge >= 0.3 is 0 Å². The highest BCUT2D eigenvalue weighted by Gasteiger charge is 2.12. The van der Waals surface area contributed by atoms with E-state index in [4.69, 9.17) is 16.3 Å². The summed E-state index contributed by atoms with van der Waals surface area (Å²) in [4.78, 5) is 4.32. The number of hydrogen-bond acceptors (Lipinski definition) is 2. The van der Waals surface area contributed by atoms with Gasteiger partial charge in [0.2, 0.25) is 0 Å². The summed E-state index contributed by atoms with van der Waals surface area (Å²) in [5.74, 6) is 1.64. The molecule has 1 aromatic carbocycles. The summed E-state index contributed by atoms with van der Waals surface area (Å²) in [6, 6.07) is 7.78. The van der Waals surface area contributed by atoms with Crippen molar-refractivity contribution < 1.29 is 4.74 Å². The maximum atomic E-state index is 6.05. The second-order valence-electron chi connectivity index (χ2n) is 3.35. The normalized spacial score (nSPS) is 10.4. The average molecular weight is 237 g/mol. The van der Waals surface area contributed by atoms with Gasteiger partial charge in [-0.05, 0) is 19.1 Å². The van der Waals surface area contributed by atoms with Crippen molar-refractivity contribution in [3.63, 3.8) is 0 Å². The predicted octanol–water partition coefficient (Wildman–Crippen LogP) is 3.23. The summed E-state index contributed by atoms with van der Waals surface area (Å²) < 4.78 is 7.26. The standard InChI is InChI=1S/C12H13ClN2O/c1-3-15-11(13)8-14-12(15)9-6-4-5-7-10(9)16-2/h4-8H,3H2,1-2H3. The molecule has 0 N–H and O–H groups in total. The molecule has 0 aliphatic heterocycles. The number of ether oxygens (including phenoxy) is 1. The van der Waals surface area contributed by atoms with Gasteiger partial charge in [0.25, 0.3) is 0 Å². The van der Waals surface area contributed by atoms with Crippen molar-refractivity contribution in [2.75, 3.05) is 7.11 Å². The monoisotopic (exact) mass is 236 g/mol. The Labute approximate surface area is 99.6 Å². The van der Waals surface area contributed by atoms with E-state index in [1.165, 1.54) is 0 Å². The fraction of sp³-hybridized carbons (Fsp3) is 0.250. The van der Waals surface area contributed by atoms with Crippen LogP contribution in [0.25, 0.3) is 11.4 Å². The predicted molar refractivity (Wildman–Crippen MR) is 64.9 cm³/mol. The molecule has 0 aliphatic rings. The van der Waals surface area contributed by atoms with Crippen molar-refractivity contribution in [1.82, 2.24) is 9.55 Å². The van der Waals surface area contributed by atoms with Gasteiger partial charge < -0.3 is 9.30 Å². The maximum Gasteiger partial charge on any atom is 0.144 e. The first kappa shape index (κ1) is 11.0. The molecule has 0 saturated heterocycles. The lowest BCUT2D eigenvalue weighted by molar-refractivity contribution is 0.416. The second-order valence-corrected chi connectivity index (χ2v) is 3.74. The number of nitrogens with zero attached hydrogens (tertiary/aromatic N) is 2. The molecule has 0 amide bonds. The van der Waals surface area contributed by atoms with Crippen LogP contribution in [0, 0.1) is 0 Å². The molecule has 1 heterocycles. The lowest BCUT2D eigenvalue weighted by atomic mass is 10.2. The van der Waals surface area contributed by atoms with Gasteiger partial charge in [-0.15, -0.1) is 0 Å². The van der Waals surface area contributed by atoms with Crippen LogP contribution in [-0.2, 0) is 6.54 Å². The smallest absolute Gasteiger partial charge is 0.144 e. The van der Waals surface area contributed by atoms with Crippen LogP contribution in [0.5, 0.6) is 5.75 Å². The fourth-order valence-corrected chi connectivity index (χ4v) is 1.95. The van der Waals surface area contributed by atoms with Crippen LogP contribution in [0.4, 0.5) is 0 Å². The molecule has 0 saturated carbocycles. The third kappa shape index (κ3) is 1.78. The lowest BCUT2D eigenvalue weighted by Crippen LogP contribution is -1.99. The topological polar surface area (TPSA) is 27.1 Å². The van der Waals surface area contributed by atoms with E-state index in [-0.39, 0.29) is 0 Å². The molecule has 0 radical (unpaired) electrons. The zero-order valence-corrected chi connectivity index (χ0v) is 10.0. The number of aromatic nitrogens is 2. The average Bonchev–Trinajstić information content (AvgIpc) is 2.70. The quantitative estimate of drug-likeness (QED) is 0.818. The highest BCUT2D eigenvalue weighted by Crippen LogP contribution is 2.30. The number of imidazole rings is 1. The van der Waals surface area contributed by atoms with Crippen molar-refractivity contribution in [3.8, 4) is 17.1 Å². The SMILES string of the molecule is CCn1c(Cl)cnc1-c1ccccc1OC. The third-order valence-electron chi connectivity index (χ3n) is 2.47. The highest BCUT2D eigenvalue weighted by molar-refractivity contribution is 6.29. The Kier molecular flexibility index (Phi) is 3.15. The molecular weight excluding hydrogens is 224 g/mol. The van der Waals surface area contributed by atoms with Crippen molar-refractivity contribution in [2.24, 2.45) is 0 Å². The number of para-hydroxylation sites is 1. The van der Waals surface area contributed by atoms with Gasteiger partial charge in [0, 0.05) is 6.54 Å². The Hall–Kier alpha value is -1.48. The van der Waals surface area contributed by atoms with Crippen molar-refractivity contribution in [2.45, 2.75) is 13.5 Å². The van der Waals surface area contributed by atoms with Crippen LogP contribution in [0.1, 0.15) is 6.92 Å². The van der Waals surface area contributed by atoms with Crippen molar-refractivity contribution in [3.05, 3.63) is 35.6 Å². The number of hydrogen-bond donors (Lipinski definition) is 0. The van der Waals surface area contributed by atoms with Crippen LogP contribution in [0.3, 0.4) is 0 Å². The molecule has 0 bridgehead atoms. The molecule has 0 aliphatic carbocycles. The summed E-state index contributed by atoms with van der Waals surface area (Å²) in [5.41, 5.74) is 0.957. The molecule has 2 aromatic rings. The van der Waals surface area contributed by atoms with Crippen molar-refractivity contribution in [1.29, 1.82) is 0 Å². The highest BCUT2D eigenvalue weighted by atomic mass is 35.5. The van der Waals surface area contributed by atoms with Gasteiger partial charge in [0.05, 0.1) is 18.9 Å². The Balaban J connectivity index is 2.58. The summed E-state index contributed by atoms with van der Waals surface area (Å²) in [5, 5.41) is 0.642. The first-order valence-corrected chi connectivity index (χ1v) is 5.50. The van der Waals surface area contributed by atoms with Crippen LogP contribution < -0.4 is 4.74 Å². The van der Waals surface area contributed by atoms with Gasteiger partial charge in [-0.3, -0.25) is 0 Å². The minimum Gasteiger partial charge on any atom is -0.496 e. The Morgan fingerprint density at radius 1 is 1.38 bits per heavy atom. The van der Waals surface area contributed by atoms with Crippen LogP contribution in [0.15, 0.2) is 30.5 Å². The molecule has 0 spiro atoms. The first-order chi connectivity index (χ1) is 7.77. The molecule has 2 rings (SSSR count). The maximum absolute atomic E-state index is 6.05. The fourth-order valence-electron chi connectivity index (χ4n) is 1.70. The van der Waals surface area contributed by atoms with Gasteiger partial charge in [-0.1, -0.05) is 23.7 Å². The Bertz CT molecular complexity index is 494. The summed E-state index contributed by atoms with van der Waals surface area (Å²) >= 11 is 6.05. The van der Waals surface area contributed by atoms with Crippen LogP contribution in [-0.4, -0.2) is 16.7 Å². The summed E-state index contributed by atoms with van der Waals surface area (Å²) in [6.07, 6.45) is 1.66. The number of halogens is 1. The van der Waals surface area contributed by atoms with Crippen molar-refractivity contribution >= 4 is 11.6 Å². The lowest BCUT2D eigenvalue weighted by Gasteiger charge is -2.09. The van der Waals surface area contributed by atoms with E-state index >= 15 is 0 Å². The van der Waals surface area contributed by atoms with Gasteiger partial charge in [0.15, 0.2) is 0 Å². The van der Waals surface area contributed by atoms with E-state index in [9.17, 15) is 0 Å². The number of benzene rings is 1. The first-order valence-electron chi connectivity index (χ1n) is 5.12. The number of methoxy groups -OCH3 is 1. The van der Waals surface area contributed by atoms with E-state index < -0.39 is 0 Å². The Morgan fingerprint density at radius 3 is 2.81 bits per heavy atom. The van der Waals surface area contributed by atoms with E-state index in [0.29, 0.717) is 5.15 Å². The molecule has 0 fully saturated rings. The van der Waals surface area contributed by atoms with Gasteiger partial charge in [0.1, 0.15) is 16.7 Å². The molecule has 1 aromatic heterocycles. The molecule has 16 heavy (non-hydrogen) atoms. The minimum absolute atomic E-state index is 0.642. The van der Waals surface area contributed by atoms with Gasteiger partial charge in [-0.2, -0.15) is 0 Å². The summed E-state index contributed by atoms with van der Waals surface area (Å²) in [7, 11) is 1.65. The largest absolute Gasteiger partial charge is 0.496 e. The molecule has 84 valence electrons. The number of rotatable bonds is 3. The van der Waals surface area contributed by atoms with Crippen LogP contribution >= 0.6 is 11.6 Å². The van der Waals surface area contributed by atoms with E-state index in [1.807, 2.05) is 35.8 Å². The van der Waals surface area contributed by atoms with Crippen LogP contribution in [0.2, 0.25) is 5.15 Å². The van der Waals surface area contributed by atoms with Gasteiger partial charge in [-0.25, -0.2) is 4.98 Å².